The molecule has 9 nitrogen and oxygen atoms in total. The third kappa shape index (κ3) is 4.88. The van der Waals surface area contributed by atoms with E-state index in [-0.39, 0.29) is 36.9 Å². The molecule has 2 aromatic carbocycles. The number of alkyl carbamates (subject to hydrolysis) is 1. The van der Waals surface area contributed by atoms with E-state index in [9.17, 15) is 14.4 Å². The Morgan fingerprint density at radius 1 is 1.00 bits per heavy atom. The highest BCUT2D eigenvalue weighted by Gasteiger charge is 2.29. The summed E-state index contributed by atoms with van der Waals surface area (Å²) in [6, 6.07) is 15.2. The second-order valence-corrected chi connectivity index (χ2v) is 7.84. The van der Waals surface area contributed by atoms with Gasteiger partial charge < -0.3 is 20.5 Å². The Morgan fingerprint density at radius 3 is 2.15 bits per heavy atom. The van der Waals surface area contributed by atoms with Gasteiger partial charge in [0.2, 0.25) is 0 Å². The molecule has 0 saturated heterocycles. The Balaban J connectivity index is 1.30. The third-order valence-corrected chi connectivity index (χ3v) is 5.71. The molecule has 0 fully saturated rings. The third-order valence-electron chi connectivity index (χ3n) is 5.71. The summed E-state index contributed by atoms with van der Waals surface area (Å²) >= 11 is 0. The van der Waals surface area contributed by atoms with Crippen LogP contribution in [0.4, 0.5) is 4.79 Å². The first-order valence-corrected chi connectivity index (χ1v) is 10.9. The number of fused-ring (bicyclic) bond motifs is 3. The normalized spacial score (nSPS) is 12.9. The highest BCUT2D eigenvalue weighted by atomic mass is 16.5. The number of rotatable bonds is 8. The van der Waals surface area contributed by atoms with Crippen molar-refractivity contribution in [2.45, 2.75) is 31.8 Å². The number of carbonyl (C=O) groups is 3. The van der Waals surface area contributed by atoms with Crippen LogP contribution in [0.1, 0.15) is 46.6 Å². The molecule has 3 N–H and O–H groups in total. The monoisotopic (exact) mass is 460 g/mol. The molecule has 0 spiro atoms. The number of hydrogen-bond acceptors (Lipinski definition) is 6. The SMILES string of the molecule is CC[C@H](NC(=O)c1cnc(CNC(=O)OCC2c3ccccc3-c3ccccc32)nc1)C(=O)O. The van der Waals surface area contributed by atoms with Crippen molar-refractivity contribution in [3.63, 3.8) is 0 Å². The Kier molecular flexibility index (Phi) is 6.82. The zero-order valence-electron chi connectivity index (χ0n) is 18.5. The van der Waals surface area contributed by atoms with E-state index in [1.165, 1.54) is 12.4 Å². The summed E-state index contributed by atoms with van der Waals surface area (Å²) in [6.07, 6.45) is 2.22. The number of amides is 2. The van der Waals surface area contributed by atoms with Gasteiger partial charge in [0.25, 0.3) is 5.91 Å². The lowest BCUT2D eigenvalue weighted by Gasteiger charge is -2.14. The van der Waals surface area contributed by atoms with Crippen LogP contribution in [-0.2, 0) is 16.1 Å². The number of carboxylic acid groups (broad SMARTS) is 1. The van der Waals surface area contributed by atoms with Gasteiger partial charge in [-0.15, -0.1) is 0 Å². The van der Waals surface area contributed by atoms with Gasteiger partial charge in [-0.05, 0) is 28.7 Å². The van der Waals surface area contributed by atoms with Crippen molar-refractivity contribution >= 4 is 18.0 Å². The smallest absolute Gasteiger partial charge is 0.407 e. The molecule has 1 atom stereocenters. The molecule has 1 heterocycles. The summed E-state index contributed by atoms with van der Waals surface area (Å²) in [5.41, 5.74) is 4.69. The summed E-state index contributed by atoms with van der Waals surface area (Å²) in [5, 5.41) is 14.1. The van der Waals surface area contributed by atoms with Gasteiger partial charge in [0.15, 0.2) is 0 Å². The lowest BCUT2D eigenvalue weighted by molar-refractivity contribution is -0.139. The van der Waals surface area contributed by atoms with E-state index >= 15 is 0 Å². The topological polar surface area (TPSA) is 131 Å². The van der Waals surface area contributed by atoms with Gasteiger partial charge in [-0.25, -0.2) is 19.6 Å². The number of nitrogens with zero attached hydrogens (tertiary/aromatic N) is 2. The van der Waals surface area contributed by atoms with E-state index in [1.807, 2.05) is 36.4 Å². The highest BCUT2D eigenvalue weighted by molar-refractivity contribution is 5.96. The summed E-state index contributed by atoms with van der Waals surface area (Å²) in [7, 11) is 0. The fraction of sp³-hybridized carbons (Fsp3) is 0.240. The molecule has 1 aromatic heterocycles. The summed E-state index contributed by atoms with van der Waals surface area (Å²) in [5.74, 6) is -1.44. The minimum Gasteiger partial charge on any atom is -0.480 e. The second kappa shape index (κ2) is 10.1. The maximum atomic E-state index is 12.3. The Hall–Kier alpha value is -4.27. The zero-order valence-corrected chi connectivity index (χ0v) is 18.5. The number of hydrogen-bond donors (Lipinski definition) is 3. The van der Waals surface area contributed by atoms with Crippen molar-refractivity contribution in [3.8, 4) is 11.1 Å². The minimum atomic E-state index is -1.11. The van der Waals surface area contributed by atoms with E-state index in [0.29, 0.717) is 0 Å². The van der Waals surface area contributed by atoms with E-state index in [2.05, 4.69) is 32.7 Å². The fourth-order valence-electron chi connectivity index (χ4n) is 3.94. The maximum Gasteiger partial charge on any atom is 0.407 e. The van der Waals surface area contributed by atoms with Crippen molar-refractivity contribution in [1.82, 2.24) is 20.6 Å². The molecule has 0 bridgehead atoms. The molecule has 1 aliphatic carbocycles. The van der Waals surface area contributed by atoms with Gasteiger partial charge >= 0.3 is 12.1 Å². The standard InChI is InChI=1S/C25H24N4O5/c1-2-21(24(31)32)29-23(30)15-11-26-22(27-12-15)13-28-25(33)34-14-20-18-9-5-3-7-16(18)17-8-4-6-10-19(17)20/h3-12,20-21H,2,13-14H2,1H3,(H,28,33)(H,29,30)(H,31,32)/t21-/m0/s1. The molecule has 1 aliphatic rings. The predicted molar refractivity (Wildman–Crippen MR) is 123 cm³/mol. The largest absolute Gasteiger partial charge is 0.480 e. The quantitative estimate of drug-likeness (QED) is 0.471. The van der Waals surface area contributed by atoms with Crippen molar-refractivity contribution in [2.75, 3.05) is 6.61 Å². The van der Waals surface area contributed by atoms with Crippen LogP contribution in [0, 0.1) is 0 Å². The van der Waals surface area contributed by atoms with Crippen molar-refractivity contribution in [2.24, 2.45) is 0 Å². The first-order valence-electron chi connectivity index (χ1n) is 10.9. The van der Waals surface area contributed by atoms with Crippen LogP contribution in [0.25, 0.3) is 11.1 Å². The summed E-state index contributed by atoms with van der Waals surface area (Å²) in [6.45, 7) is 1.88. The number of nitrogens with one attached hydrogen (secondary N) is 2. The lowest BCUT2D eigenvalue weighted by atomic mass is 9.98. The Labute approximate surface area is 196 Å². The fourth-order valence-corrected chi connectivity index (χ4v) is 3.94. The molecule has 0 aliphatic heterocycles. The van der Waals surface area contributed by atoms with Gasteiger partial charge in [0, 0.05) is 18.3 Å². The number of ether oxygens (including phenoxy) is 1. The van der Waals surface area contributed by atoms with Crippen LogP contribution in [0.3, 0.4) is 0 Å². The van der Waals surface area contributed by atoms with Crippen molar-refractivity contribution in [1.29, 1.82) is 0 Å². The maximum absolute atomic E-state index is 12.3. The molecule has 2 amide bonds. The molecule has 3 aromatic rings. The predicted octanol–water partition coefficient (Wildman–Crippen LogP) is 3.11. The second-order valence-electron chi connectivity index (χ2n) is 7.84. The van der Waals surface area contributed by atoms with Crippen LogP contribution in [0.5, 0.6) is 0 Å². The number of benzene rings is 2. The molecule has 34 heavy (non-hydrogen) atoms. The Bertz CT molecular complexity index is 1170. The van der Waals surface area contributed by atoms with Crippen LogP contribution in [-0.4, -0.2) is 45.7 Å². The van der Waals surface area contributed by atoms with Crippen LogP contribution >= 0.6 is 0 Å². The van der Waals surface area contributed by atoms with Gasteiger partial charge in [0.05, 0.1) is 12.1 Å². The molecular formula is C25H24N4O5. The molecule has 0 radical (unpaired) electrons. The number of carbonyl (C=O) groups excluding carboxylic acids is 2. The highest BCUT2D eigenvalue weighted by Crippen LogP contribution is 2.44. The Morgan fingerprint density at radius 2 is 1.59 bits per heavy atom. The molecule has 9 heteroatoms. The van der Waals surface area contributed by atoms with Gasteiger partial charge in [-0.3, -0.25) is 4.79 Å². The van der Waals surface area contributed by atoms with E-state index in [0.717, 1.165) is 22.3 Å². The molecule has 4 rings (SSSR count). The molecule has 0 unspecified atom stereocenters. The average Bonchev–Trinajstić information content (AvgIpc) is 3.18. The molecular weight excluding hydrogens is 436 g/mol. The van der Waals surface area contributed by atoms with Crippen molar-refractivity contribution in [3.05, 3.63) is 83.4 Å². The average molecular weight is 460 g/mol. The van der Waals surface area contributed by atoms with Gasteiger partial charge in [-0.1, -0.05) is 55.5 Å². The van der Waals surface area contributed by atoms with E-state index in [1.54, 1.807) is 6.92 Å². The van der Waals surface area contributed by atoms with E-state index in [4.69, 9.17) is 9.84 Å². The molecule has 174 valence electrons. The van der Waals surface area contributed by atoms with Gasteiger partial charge in [0.1, 0.15) is 18.5 Å². The van der Waals surface area contributed by atoms with Crippen molar-refractivity contribution < 1.29 is 24.2 Å². The number of carboxylic acids is 1. The zero-order chi connectivity index (χ0) is 24.1. The van der Waals surface area contributed by atoms with Gasteiger partial charge in [-0.2, -0.15) is 0 Å². The van der Waals surface area contributed by atoms with Crippen LogP contribution in [0.2, 0.25) is 0 Å². The number of aromatic nitrogens is 2. The first kappa shape index (κ1) is 22.9. The van der Waals surface area contributed by atoms with Crippen LogP contribution in [0.15, 0.2) is 60.9 Å². The van der Waals surface area contributed by atoms with E-state index < -0.39 is 24.0 Å². The minimum absolute atomic E-state index is 0.0191. The number of aliphatic carboxylic acids is 1. The summed E-state index contributed by atoms with van der Waals surface area (Å²) in [4.78, 5) is 43.6. The first-order chi connectivity index (χ1) is 16.5. The molecule has 0 saturated carbocycles. The van der Waals surface area contributed by atoms with Crippen LogP contribution < -0.4 is 10.6 Å². The lowest BCUT2D eigenvalue weighted by Crippen LogP contribution is -2.40. The summed E-state index contributed by atoms with van der Waals surface area (Å²) < 4.78 is 5.48.